The molecule has 4 saturated heterocycles. The van der Waals surface area contributed by atoms with Crippen molar-refractivity contribution in [3.05, 3.63) is 29.8 Å². The van der Waals surface area contributed by atoms with Crippen LogP contribution in [0.5, 0.6) is 0 Å². The molecule has 0 atom stereocenters. The number of piperidine rings is 2. The molecule has 1 amide bonds. The van der Waals surface area contributed by atoms with Crippen LogP contribution < -0.4 is 15.1 Å². The normalized spacial score (nSPS) is 42.4. The van der Waals surface area contributed by atoms with Crippen molar-refractivity contribution in [2.45, 2.75) is 45.2 Å². The number of amides is 1. The average Bonchev–Trinajstić information content (AvgIpc) is 2.89. The molecule has 4 fully saturated rings. The highest BCUT2D eigenvalue weighted by Gasteiger charge is 2.79. The first-order chi connectivity index (χ1) is 12.5. The molecule has 5 heterocycles. The molecule has 0 aliphatic carbocycles. The second kappa shape index (κ2) is 5.17. The Morgan fingerprint density at radius 2 is 1.46 bits per heavy atom. The molecule has 1 spiro atoms. The summed E-state index contributed by atoms with van der Waals surface area (Å²) in [5.74, 6) is 0.649. The fraction of sp³-hybridized carbons (Fsp3) is 0.619. The van der Waals surface area contributed by atoms with Gasteiger partial charge in [-0.05, 0) is 25.0 Å². The van der Waals surface area contributed by atoms with Crippen molar-refractivity contribution in [1.29, 1.82) is 0 Å². The molecule has 1 aromatic carbocycles. The Balaban J connectivity index is 1.67. The Bertz CT molecular complexity index is 758. The maximum absolute atomic E-state index is 13.6. The van der Waals surface area contributed by atoms with Crippen LogP contribution in [0.2, 0.25) is 0 Å². The maximum atomic E-state index is 13.6. The summed E-state index contributed by atoms with van der Waals surface area (Å²) >= 11 is 0. The minimum absolute atomic E-state index is 0.133. The van der Waals surface area contributed by atoms with E-state index >= 15 is 0 Å². The van der Waals surface area contributed by atoms with E-state index in [0.717, 1.165) is 63.1 Å². The predicted octanol–water partition coefficient (Wildman–Crippen LogP) is -0.256. The molecule has 0 saturated carbocycles. The van der Waals surface area contributed by atoms with Crippen LogP contribution in [-0.4, -0.2) is 37.9 Å². The van der Waals surface area contributed by atoms with Crippen molar-refractivity contribution in [2.24, 2.45) is 10.8 Å². The van der Waals surface area contributed by atoms with Gasteiger partial charge in [0.1, 0.15) is 42.6 Å². The zero-order valence-corrected chi connectivity index (χ0v) is 15.8. The van der Waals surface area contributed by atoms with E-state index in [9.17, 15) is 9.59 Å². The van der Waals surface area contributed by atoms with Crippen molar-refractivity contribution in [3.63, 3.8) is 0 Å². The van der Waals surface area contributed by atoms with E-state index in [1.807, 2.05) is 18.2 Å². The van der Waals surface area contributed by atoms with Gasteiger partial charge >= 0.3 is 11.6 Å². The molecule has 4 bridgehead atoms. The summed E-state index contributed by atoms with van der Waals surface area (Å²) in [4.78, 5) is 29.6. The van der Waals surface area contributed by atoms with E-state index in [2.05, 4.69) is 25.2 Å². The number of rotatable bonds is 4. The van der Waals surface area contributed by atoms with E-state index in [1.165, 1.54) is 9.80 Å². The Morgan fingerprint density at radius 1 is 0.923 bits per heavy atom. The second-order valence-electron chi connectivity index (χ2n) is 9.05. The molecule has 6 rings (SSSR count). The molecule has 1 aromatic rings. The SMILES string of the molecule is CCCC12C[NH+]3CC(CCC)(C[NH+](C1)C31C(=O)Nc3ccccc31)C2=O. The monoisotopic (exact) mass is 355 g/mol. The van der Waals surface area contributed by atoms with Crippen LogP contribution in [0, 0.1) is 10.8 Å². The molecule has 3 N–H and O–H groups in total. The number of benzene rings is 1. The van der Waals surface area contributed by atoms with Gasteiger partial charge in [0.15, 0.2) is 5.78 Å². The zero-order chi connectivity index (χ0) is 18.2. The number of para-hydroxylation sites is 1. The highest BCUT2D eigenvalue weighted by molar-refractivity contribution is 6.04. The van der Waals surface area contributed by atoms with Crippen LogP contribution in [0.3, 0.4) is 0 Å². The Kier molecular flexibility index (Phi) is 3.27. The van der Waals surface area contributed by atoms with Gasteiger partial charge in [-0.1, -0.05) is 38.8 Å². The summed E-state index contributed by atoms with van der Waals surface area (Å²) in [6.45, 7) is 7.63. The first kappa shape index (κ1) is 16.5. The number of ketones is 1. The first-order valence-corrected chi connectivity index (χ1v) is 10.2. The standard InChI is InChI=1S/C21H27N3O2/c1-3-9-19-11-23-13-20(10-4-2,17(19)25)14-24(12-19)21(23)15-7-5-6-8-16(15)22-18(21)26/h5-8H,3-4,9-14H2,1-2H3,(H,22,26)/p+2. The fourth-order valence-electron chi connectivity index (χ4n) is 7.05. The van der Waals surface area contributed by atoms with Gasteiger partial charge in [0.05, 0.1) is 5.69 Å². The summed E-state index contributed by atoms with van der Waals surface area (Å²) in [5.41, 5.74) is 1.10. The molecule has 5 heteroatoms. The fourth-order valence-corrected chi connectivity index (χ4v) is 7.05. The molecule has 0 unspecified atom stereocenters. The predicted molar refractivity (Wildman–Crippen MR) is 97.8 cm³/mol. The first-order valence-electron chi connectivity index (χ1n) is 10.2. The number of carbonyl (C=O) groups is 2. The van der Waals surface area contributed by atoms with Crippen LogP contribution in [-0.2, 0) is 15.3 Å². The van der Waals surface area contributed by atoms with Crippen LogP contribution in [0.4, 0.5) is 5.69 Å². The quantitative estimate of drug-likeness (QED) is 0.697. The molecule has 5 aliphatic heterocycles. The van der Waals surface area contributed by atoms with Crippen molar-refractivity contribution < 1.29 is 19.4 Å². The Morgan fingerprint density at radius 3 is 2.00 bits per heavy atom. The Labute approximate surface area is 154 Å². The molecule has 0 aromatic heterocycles. The number of fused-ring (bicyclic) bond motifs is 1. The topological polar surface area (TPSA) is 55.1 Å². The van der Waals surface area contributed by atoms with Gasteiger partial charge in [-0.2, -0.15) is 0 Å². The highest BCUT2D eigenvalue weighted by Crippen LogP contribution is 2.45. The third-order valence-corrected chi connectivity index (χ3v) is 7.61. The Hall–Kier alpha value is -1.72. The molecular weight excluding hydrogens is 326 g/mol. The molecular formula is C21H29N3O2+2. The molecule has 0 radical (unpaired) electrons. The lowest BCUT2D eigenvalue weighted by molar-refractivity contribution is -1.20. The summed E-state index contributed by atoms with van der Waals surface area (Å²) in [6, 6.07) is 8.17. The number of quaternary nitrogens is 2. The third-order valence-electron chi connectivity index (χ3n) is 7.61. The van der Waals surface area contributed by atoms with Gasteiger partial charge in [0.2, 0.25) is 0 Å². The van der Waals surface area contributed by atoms with Crippen LogP contribution in [0.15, 0.2) is 24.3 Å². The smallest absolute Gasteiger partial charge is 0.314 e. The number of hydrogen-bond acceptors (Lipinski definition) is 2. The van der Waals surface area contributed by atoms with E-state index in [-0.39, 0.29) is 16.7 Å². The van der Waals surface area contributed by atoms with Crippen molar-refractivity contribution >= 4 is 17.4 Å². The average molecular weight is 355 g/mol. The van der Waals surface area contributed by atoms with E-state index in [4.69, 9.17) is 0 Å². The number of nitrogens with one attached hydrogen (secondary N) is 3. The summed E-state index contributed by atoms with van der Waals surface area (Å²) < 4.78 is 0. The number of hydrogen-bond donors (Lipinski definition) is 3. The minimum Gasteiger partial charge on any atom is -0.314 e. The summed E-state index contributed by atoms with van der Waals surface area (Å²) in [5, 5.41) is 3.15. The van der Waals surface area contributed by atoms with Crippen molar-refractivity contribution in [2.75, 3.05) is 31.5 Å². The van der Waals surface area contributed by atoms with E-state index < -0.39 is 5.66 Å². The molecule has 5 nitrogen and oxygen atoms in total. The van der Waals surface area contributed by atoms with Crippen LogP contribution in [0.1, 0.15) is 45.1 Å². The lowest BCUT2D eigenvalue weighted by Crippen LogP contribution is -3.48. The summed E-state index contributed by atoms with van der Waals surface area (Å²) in [7, 11) is 0. The van der Waals surface area contributed by atoms with Crippen LogP contribution >= 0.6 is 0 Å². The van der Waals surface area contributed by atoms with Gasteiger partial charge in [-0.15, -0.1) is 0 Å². The van der Waals surface area contributed by atoms with Crippen LogP contribution in [0.25, 0.3) is 0 Å². The largest absolute Gasteiger partial charge is 0.351 e. The number of Topliss-reactive ketones (excluding diaryl/α,β-unsaturated/α-hetero) is 1. The zero-order valence-electron chi connectivity index (χ0n) is 15.8. The van der Waals surface area contributed by atoms with Crippen molar-refractivity contribution in [3.8, 4) is 0 Å². The summed E-state index contributed by atoms with van der Waals surface area (Å²) in [6.07, 6.45) is 3.99. The number of anilines is 1. The lowest BCUT2D eigenvalue weighted by Gasteiger charge is -2.63. The van der Waals surface area contributed by atoms with Gasteiger partial charge in [0, 0.05) is 0 Å². The van der Waals surface area contributed by atoms with Gasteiger partial charge < -0.3 is 5.32 Å². The molecule has 26 heavy (non-hydrogen) atoms. The van der Waals surface area contributed by atoms with Gasteiger partial charge in [0.25, 0.3) is 0 Å². The maximum Gasteiger partial charge on any atom is 0.351 e. The van der Waals surface area contributed by atoms with Gasteiger partial charge in [-0.3, -0.25) is 19.4 Å². The highest BCUT2D eigenvalue weighted by atomic mass is 16.2. The van der Waals surface area contributed by atoms with E-state index in [0.29, 0.717) is 5.78 Å². The van der Waals surface area contributed by atoms with E-state index in [1.54, 1.807) is 0 Å². The molecule has 138 valence electrons. The third kappa shape index (κ3) is 1.69. The number of carbonyl (C=O) groups excluding carboxylic acids is 2. The van der Waals surface area contributed by atoms with Crippen molar-refractivity contribution in [1.82, 2.24) is 0 Å². The lowest BCUT2D eigenvalue weighted by atomic mass is 9.56. The second-order valence-corrected chi connectivity index (χ2v) is 9.05. The molecule has 5 aliphatic rings. The minimum atomic E-state index is -0.550. The van der Waals surface area contributed by atoms with Gasteiger partial charge in [-0.25, -0.2) is 0 Å².